The molecule has 1 aliphatic carbocycles. The van der Waals surface area contributed by atoms with Gasteiger partial charge in [0.05, 0.1) is 5.52 Å². The molecule has 19 heavy (non-hydrogen) atoms. The minimum Gasteiger partial charge on any atom is -0.256 e. The van der Waals surface area contributed by atoms with Crippen molar-refractivity contribution in [3.05, 3.63) is 58.8 Å². The van der Waals surface area contributed by atoms with Gasteiger partial charge in [0.2, 0.25) is 0 Å². The maximum atomic E-state index is 4.59. The van der Waals surface area contributed by atoms with Gasteiger partial charge in [-0.2, -0.15) is 0 Å². The Balaban J connectivity index is 2.28. The summed E-state index contributed by atoms with van der Waals surface area (Å²) in [6.07, 6.45) is 1.88. The first-order valence-corrected chi connectivity index (χ1v) is 6.84. The van der Waals surface area contributed by atoms with Gasteiger partial charge in [0, 0.05) is 23.1 Å². The molecule has 96 valence electrons. The van der Waals surface area contributed by atoms with Crippen LogP contribution in [0.3, 0.4) is 0 Å². The van der Waals surface area contributed by atoms with E-state index in [1.165, 1.54) is 33.2 Å². The van der Waals surface area contributed by atoms with Gasteiger partial charge in [0.1, 0.15) is 0 Å². The molecule has 0 radical (unpaired) electrons. The Hall–Kier alpha value is -1.89. The van der Waals surface area contributed by atoms with E-state index in [1.54, 1.807) is 0 Å². The zero-order valence-electron chi connectivity index (χ0n) is 12.0. The number of para-hydroxylation sites is 1. The van der Waals surface area contributed by atoms with Crippen molar-refractivity contribution in [1.82, 2.24) is 4.98 Å². The van der Waals surface area contributed by atoms with E-state index in [-0.39, 0.29) is 0 Å². The Morgan fingerprint density at radius 1 is 0.947 bits per heavy atom. The number of allylic oxidation sites excluding steroid dienone is 4. The van der Waals surface area contributed by atoms with Gasteiger partial charge < -0.3 is 0 Å². The fraction of sp³-hybridized carbons (Fsp3) is 0.278. The van der Waals surface area contributed by atoms with Crippen LogP contribution in [-0.2, 0) is 0 Å². The molecule has 0 spiro atoms. The van der Waals surface area contributed by atoms with Crippen LogP contribution in [-0.4, -0.2) is 4.98 Å². The molecule has 1 unspecified atom stereocenters. The molecule has 0 saturated heterocycles. The first-order valence-electron chi connectivity index (χ1n) is 6.84. The summed E-state index contributed by atoms with van der Waals surface area (Å²) in [7, 11) is 0. The Bertz CT molecular complexity index is 714. The van der Waals surface area contributed by atoms with E-state index in [9.17, 15) is 0 Å². The Kier molecular flexibility index (Phi) is 2.78. The zero-order valence-corrected chi connectivity index (χ0v) is 12.0. The topological polar surface area (TPSA) is 12.9 Å². The van der Waals surface area contributed by atoms with Crippen molar-refractivity contribution in [2.45, 2.75) is 27.7 Å². The van der Waals surface area contributed by atoms with Crippen LogP contribution in [0, 0.1) is 5.92 Å². The number of hydrogen-bond donors (Lipinski definition) is 0. The lowest BCUT2D eigenvalue weighted by atomic mass is 9.90. The van der Waals surface area contributed by atoms with Crippen LogP contribution in [0.4, 0.5) is 0 Å². The number of pyridine rings is 1. The largest absolute Gasteiger partial charge is 0.256 e. The third-order valence-corrected chi connectivity index (χ3v) is 4.56. The average molecular weight is 249 g/mol. The zero-order chi connectivity index (χ0) is 13.6. The minimum absolute atomic E-state index is 0.493. The van der Waals surface area contributed by atoms with Crippen LogP contribution >= 0.6 is 0 Å². The number of aromatic nitrogens is 1. The van der Waals surface area contributed by atoms with Crippen LogP contribution in [0.2, 0.25) is 0 Å². The van der Waals surface area contributed by atoms with Gasteiger partial charge in [0.25, 0.3) is 0 Å². The minimum atomic E-state index is 0.493. The molecule has 0 bridgehead atoms. The van der Waals surface area contributed by atoms with Crippen molar-refractivity contribution >= 4 is 16.5 Å². The fourth-order valence-corrected chi connectivity index (χ4v) is 3.12. The first-order chi connectivity index (χ1) is 9.11. The Labute approximate surface area is 114 Å². The molecule has 1 atom stereocenters. The Morgan fingerprint density at radius 3 is 2.37 bits per heavy atom. The molecule has 0 N–H and O–H groups in total. The van der Waals surface area contributed by atoms with E-state index >= 15 is 0 Å². The van der Waals surface area contributed by atoms with E-state index in [1.807, 2.05) is 12.3 Å². The van der Waals surface area contributed by atoms with Gasteiger partial charge in [-0.1, -0.05) is 36.8 Å². The van der Waals surface area contributed by atoms with Crippen molar-refractivity contribution in [1.29, 1.82) is 0 Å². The van der Waals surface area contributed by atoms with Gasteiger partial charge in [0.15, 0.2) is 0 Å². The lowest BCUT2D eigenvalue weighted by molar-refractivity contribution is 0.896. The van der Waals surface area contributed by atoms with Crippen molar-refractivity contribution < 1.29 is 0 Å². The summed E-state index contributed by atoms with van der Waals surface area (Å²) in [4.78, 5) is 4.59. The van der Waals surface area contributed by atoms with Crippen LogP contribution in [0.1, 0.15) is 33.3 Å². The number of nitrogens with zero attached hydrogens (tertiary/aromatic N) is 1. The molecule has 1 aromatic carbocycles. The highest BCUT2D eigenvalue weighted by Crippen LogP contribution is 2.43. The predicted molar refractivity (Wildman–Crippen MR) is 81.9 cm³/mol. The molecule has 1 heterocycles. The van der Waals surface area contributed by atoms with Crippen LogP contribution in [0.5, 0.6) is 0 Å². The van der Waals surface area contributed by atoms with Crippen LogP contribution in [0.15, 0.2) is 53.2 Å². The molecule has 1 heteroatoms. The van der Waals surface area contributed by atoms with Crippen LogP contribution in [0.25, 0.3) is 16.5 Å². The molecule has 0 fully saturated rings. The smallest absolute Gasteiger partial charge is 0.0777 e. The summed E-state index contributed by atoms with van der Waals surface area (Å²) in [6, 6.07) is 10.6. The number of hydrogen-bond acceptors (Lipinski definition) is 1. The molecule has 0 amide bonds. The van der Waals surface area contributed by atoms with Crippen LogP contribution < -0.4 is 0 Å². The van der Waals surface area contributed by atoms with Gasteiger partial charge in [-0.05, 0) is 43.6 Å². The van der Waals surface area contributed by atoms with E-state index in [4.69, 9.17) is 0 Å². The maximum absolute atomic E-state index is 4.59. The standard InChI is InChI=1S/C18H19N/c1-11-12(2)14(4)17(13(11)3)16-9-5-7-15-8-6-10-19-18(15)16/h5-10,13H,1-4H3. The third kappa shape index (κ3) is 1.73. The highest BCUT2D eigenvalue weighted by molar-refractivity contribution is 5.94. The second-order valence-electron chi connectivity index (χ2n) is 5.45. The van der Waals surface area contributed by atoms with Gasteiger partial charge in [-0.25, -0.2) is 0 Å². The lowest BCUT2D eigenvalue weighted by Crippen LogP contribution is -1.98. The second-order valence-corrected chi connectivity index (χ2v) is 5.45. The van der Waals surface area contributed by atoms with Gasteiger partial charge >= 0.3 is 0 Å². The molecule has 1 aromatic heterocycles. The third-order valence-electron chi connectivity index (χ3n) is 4.56. The summed E-state index contributed by atoms with van der Waals surface area (Å²) in [5, 5.41) is 1.22. The number of fused-ring (bicyclic) bond motifs is 1. The highest BCUT2D eigenvalue weighted by Gasteiger charge is 2.25. The lowest BCUT2D eigenvalue weighted by Gasteiger charge is -2.14. The normalized spacial score (nSPS) is 19.7. The molecule has 1 nitrogen and oxygen atoms in total. The van der Waals surface area contributed by atoms with Crippen molar-refractivity contribution in [3.8, 4) is 0 Å². The summed E-state index contributed by atoms with van der Waals surface area (Å²) >= 11 is 0. The summed E-state index contributed by atoms with van der Waals surface area (Å²) < 4.78 is 0. The maximum Gasteiger partial charge on any atom is 0.0777 e. The average Bonchev–Trinajstić information content (AvgIpc) is 2.63. The fourth-order valence-electron chi connectivity index (χ4n) is 3.12. The summed E-state index contributed by atoms with van der Waals surface area (Å²) in [5.74, 6) is 0.493. The van der Waals surface area contributed by atoms with Gasteiger partial charge in [-0.3, -0.25) is 4.98 Å². The SMILES string of the molecule is CC1=C(C)C(C)C(c2cccc3cccnc23)=C1C. The molecule has 3 rings (SSSR count). The van der Waals surface area contributed by atoms with Crippen molar-refractivity contribution in [3.63, 3.8) is 0 Å². The summed E-state index contributed by atoms with van der Waals surface area (Å²) in [5.41, 5.74) is 8.20. The van der Waals surface area contributed by atoms with Gasteiger partial charge in [-0.15, -0.1) is 0 Å². The van der Waals surface area contributed by atoms with Crippen molar-refractivity contribution in [2.75, 3.05) is 0 Å². The first kappa shape index (κ1) is 12.2. The van der Waals surface area contributed by atoms with E-state index in [0.29, 0.717) is 5.92 Å². The molecule has 1 aliphatic rings. The van der Waals surface area contributed by atoms with Crippen molar-refractivity contribution in [2.24, 2.45) is 5.92 Å². The van der Waals surface area contributed by atoms with E-state index in [2.05, 4.69) is 56.9 Å². The molecular weight excluding hydrogens is 230 g/mol. The number of benzene rings is 1. The van der Waals surface area contributed by atoms with E-state index < -0.39 is 0 Å². The quantitative estimate of drug-likeness (QED) is 0.693. The molecular formula is C18H19N. The number of rotatable bonds is 1. The monoisotopic (exact) mass is 249 g/mol. The Morgan fingerprint density at radius 2 is 1.68 bits per heavy atom. The molecule has 0 aliphatic heterocycles. The van der Waals surface area contributed by atoms with E-state index in [0.717, 1.165) is 5.52 Å². The highest BCUT2D eigenvalue weighted by atomic mass is 14.7. The second kappa shape index (κ2) is 4.34. The molecule has 0 saturated carbocycles. The predicted octanol–water partition coefficient (Wildman–Crippen LogP) is 4.99. The summed E-state index contributed by atoms with van der Waals surface area (Å²) in [6.45, 7) is 9.01. The molecule has 2 aromatic rings.